The molecule has 0 saturated heterocycles. The maximum atomic E-state index is 12.3. The molecule has 0 bridgehead atoms. The fourth-order valence-electron chi connectivity index (χ4n) is 3.35. The maximum Gasteiger partial charge on any atom is 0.251 e. The minimum Gasteiger partial charge on any atom is -0.351 e. The Morgan fingerprint density at radius 2 is 1.78 bits per heavy atom. The summed E-state index contributed by atoms with van der Waals surface area (Å²) in [5.74, 6) is 0.795. The molecule has 0 atom stereocenters. The molecule has 4 aromatic rings. The molecule has 2 heterocycles. The molecule has 7 heteroatoms. The number of hydrogen-bond donors (Lipinski definition) is 1. The number of hydrogen-bond acceptors (Lipinski definition) is 5. The van der Waals surface area contributed by atoms with Crippen LogP contribution >= 0.6 is 11.8 Å². The number of amides is 1. The minimum absolute atomic E-state index is 0.0488. The van der Waals surface area contributed by atoms with E-state index in [1.165, 1.54) is 5.56 Å². The van der Waals surface area contributed by atoms with Crippen molar-refractivity contribution in [1.29, 1.82) is 0 Å². The van der Waals surface area contributed by atoms with Gasteiger partial charge in [-0.05, 0) is 49.5 Å². The number of carbonyl (C=O) groups excluding carboxylic acids is 1. The molecule has 164 valence electrons. The molecule has 6 nitrogen and oxygen atoms in total. The van der Waals surface area contributed by atoms with Crippen molar-refractivity contribution >= 4 is 28.8 Å². The number of nitrogens with one attached hydrogen (secondary N) is 1. The molecule has 32 heavy (non-hydrogen) atoms. The van der Waals surface area contributed by atoms with Gasteiger partial charge in [0.1, 0.15) is 5.52 Å². The molecule has 2 aromatic carbocycles. The topological polar surface area (TPSA) is 63.1 Å². The van der Waals surface area contributed by atoms with E-state index in [4.69, 9.17) is 4.98 Å². The summed E-state index contributed by atoms with van der Waals surface area (Å²) < 4.78 is 2.15. The lowest BCUT2D eigenvalue weighted by Gasteiger charge is -2.11. The van der Waals surface area contributed by atoms with E-state index in [0.717, 1.165) is 34.2 Å². The molecule has 4 rings (SSSR count). The second-order valence-corrected chi connectivity index (χ2v) is 8.80. The van der Waals surface area contributed by atoms with E-state index in [1.807, 2.05) is 61.5 Å². The van der Waals surface area contributed by atoms with Crippen molar-refractivity contribution in [2.45, 2.75) is 17.5 Å². The molecule has 1 N–H and O–H groups in total. The average Bonchev–Trinajstić information content (AvgIpc) is 3.16. The highest BCUT2D eigenvalue weighted by molar-refractivity contribution is 7.98. The van der Waals surface area contributed by atoms with Gasteiger partial charge < -0.3 is 10.2 Å². The summed E-state index contributed by atoms with van der Waals surface area (Å²) in [4.78, 5) is 23.8. The van der Waals surface area contributed by atoms with Gasteiger partial charge in [-0.25, -0.2) is 9.97 Å². The molecule has 0 unspecified atom stereocenters. The van der Waals surface area contributed by atoms with Crippen LogP contribution < -0.4 is 5.32 Å². The monoisotopic (exact) mass is 445 g/mol. The first-order valence-corrected chi connectivity index (χ1v) is 11.6. The summed E-state index contributed by atoms with van der Waals surface area (Å²) in [7, 11) is 3.98. The smallest absolute Gasteiger partial charge is 0.251 e. The summed E-state index contributed by atoms with van der Waals surface area (Å²) in [5.41, 5.74) is 4.78. The predicted molar refractivity (Wildman–Crippen MR) is 130 cm³/mol. The Kier molecular flexibility index (Phi) is 7.19. The molecular weight excluding hydrogens is 418 g/mol. The van der Waals surface area contributed by atoms with E-state index >= 15 is 0 Å². The third kappa shape index (κ3) is 5.55. The number of thioether (sulfide) groups is 1. The van der Waals surface area contributed by atoms with Crippen molar-refractivity contribution in [2.75, 3.05) is 27.2 Å². The van der Waals surface area contributed by atoms with Crippen LogP contribution in [0.15, 0.2) is 78.1 Å². The van der Waals surface area contributed by atoms with E-state index in [9.17, 15) is 4.79 Å². The molecule has 2 aromatic heterocycles. The van der Waals surface area contributed by atoms with Gasteiger partial charge in [-0.1, -0.05) is 54.2 Å². The van der Waals surface area contributed by atoms with Crippen molar-refractivity contribution < 1.29 is 4.79 Å². The lowest BCUT2D eigenvalue weighted by atomic mass is 10.1. The van der Waals surface area contributed by atoms with Gasteiger partial charge in [-0.15, -0.1) is 0 Å². The first-order valence-electron chi connectivity index (χ1n) is 10.6. The zero-order valence-electron chi connectivity index (χ0n) is 18.4. The first-order chi connectivity index (χ1) is 15.6. The lowest BCUT2D eigenvalue weighted by molar-refractivity contribution is 0.0951. The van der Waals surface area contributed by atoms with Crippen LogP contribution in [0.4, 0.5) is 0 Å². The maximum absolute atomic E-state index is 12.3. The fourth-order valence-corrected chi connectivity index (χ4v) is 4.31. The van der Waals surface area contributed by atoms with Crippen molar-refractivity contribution in [3.63, 3.8) is 0 Å². The van der Waals surface area contributed by atoms with E-state index in [-0.39, 0.29) is 5.91 Å². The normalized spacial score (nSPS) is 11.2. The number of imidazole rings is 1. The van der Waals surface area contributed by atoms with Gasteiger partial charge in [0.2, 0.25) is 0 Å². The van der Waals surface area contributed by atoms with Gasteiger partial charge in [0.05, 0.1) is 6.54 Å². The largest absolute Gasteiger partial charge is 0.351 e. The number of pyridine rings is 1. The van der Waals surface area contributed by atoms with Crippen LogP contribution in [0, 0.1) is 0 Å². The van der Waals surface area contributed by atoms with Crippen molar-refractivity contribution in [1.82, 2.24) is 24.8 Å². The van der Waals surface area contributed by atoms with Crippen LogP contribution in [0.3, 0.4) is 0 Å². The van der Waals surface area contributed by atoms with Crippen LogP contribution in [0.1, 0.15) is 21.5 Å². The Bertz CT molecular complexity index is 1170. The van der Waals surface area contributed by atoms with E-state index in [1.54, 1.807) is 18.0 Å². The highest BCUT2D eigenvalue weighted by atomic mass is 32.2. The summed E-state index contributed by atoms with van der Waals surface area (Å²) in [5, 5.41) is 3.89. The third-order valence-corrected chi connectivity index (χ3v) is 6.13. The minimum atomic E-state index is -0.0488. The molecule has 0 saturated carbocycles. The molecule has 0 spiro atoms. The molecule has 0 fully saturated rings. The van der Waals surface area contributed by atoms with Crippen LogP contribution in [-0.4, -0.2) is 52.5 Å². The summed E-state index contributed by atoms with van der Waals surface area (Å²) in [6.45, 7) is 2.09. The highest BCUT2D eigenvalue weighted by Crippen LogP contribution is 2.26. The van der Waals surface area contributed by atoms with Crippen LogP contribution in [0.2, 0.25) is 0 Å². The summed E-state index contributed by atoms with van der Waals surface area (Å²) in [6, 6.07) is 22.1. The van der Waals surface area contributed by atoms with Crippen LogP contribution in [0.25, 0.3) is 11.2 Å². The molecule has 1 amide bonds. The number of fused-ring (bicyclic) bond motifs is 1. The van der Waals surface area contributed by atoms with Crippen molar-refractivity contribution in [3.8, 4) is 0 Å². The number of rotatable bonds is 9. The Morgan fingerprint density at radius 3 is 2.53 bits per heavy atom. The SMILES string of the molecule is CN(C)CCNC(=O)c1ccc(Cn2c(SCc3ccccc3)nc3cccnc32)cc1. The highest BCUT2D eigenvalue weighted by Gasteiger charge is 2.13. The van der Waals surface area contributed by atoms with Gasteiger partial charge in [-0.3, -0.25) is 9.36 Å². The Morgan fingerprint density at radius 1 is 1.00 bits per heavy atom. The molecular formula is C25H27N5OS. The van der Waals surface area contributed by atoms with Crippen molar-refractivity contribution in [3.05, 3.63) is 89.6 Å². The Balaban J connectivity index is 1.50. The van der Waals surface area contributed by atoms with Gasteiger partial charge >= 0.3 is 0 Å². The second kappa shape index (κ2) is 10.4. The molecule has 0 radical (unpaired) electrons. The van der Waals surface area contributed by atoms with Gasteiger partial charge in [0, 0.05) is 30.6 Å². The fraction of sp³-hybridized carbons (Fsp3) is 0.240. The van der Waals surface area contributed by atoms with E-state index < -0.39 is 0 Å². The zero-order chi connectivity index (χ0) is 22.3. The zero-order valence-corrected chi connectivity index (χ0v) is 19.2. The number of carbonyl (C=O) groups is 1. The quantitative estimate of drug-likeness (QED) is 0.394. The summed E-state index contributed by atoms with van der Waals surface area (Å²) in [6.07, 6.45) is 1.80. The predicted octanol–water partition coefficient (Wildman–Crippen LogP) is 4.06. The second-order valence-electron chi connectivity index (χ2n) is 7.86. The number of aromatic nitrogens is 3. The number of nitrogens with zero attached hydrogens (tertiary/aromatic N) is 4. The summed E-state index contributed by atoms with van der Waals surface area (Å²) >= 11 is 1.71. The van der Waals surface area contributed by atoms with Crippen molar-refractivity contribution in [2.24, 2.45) is 0 Å². The number of likely N-dealkylation sites (N-methyl/N-ethyl adjacent to an activating group) is 1. The first kappa shape index (κ1) is 22.0. The third-order valence-electron chi connectivity index (χ3n) is 5.08. The van der Waals surface area contributed by atoms with E-state index in [0.29, 0.717) is 18.7 Å². The Labute approximate surface area is 192 Å². The molecule has 0 aliphatic rings. The van der Waals surface area contributed by atoms with Crippen LogP contribution in [-0.2, 0) is 12.3 Å². The standard InChI is InChI=1S/C25H27N5OS/c1-29(2)16-15-27-24(31)21-12-10-19(11-13-21)17-30-23-22(9-6-14-26-23)28-25(30)32-18-20-7-4-3-5-8-20/h3-14H,15-18H2,1-2H3,(H,27,31). The van der Waals surface area contributed by atoms with Crippen LogP contribution in [0.5, 0.6) is 0 Å². The van der Waals surface area contributed by atoms with E-state index in [2.05, 4.69) is 39.1 Å². The molecule has 0 aliphatic heterocycles. The molecule has 0 aliphatic carbocycles. The Hall–Kier alpha value is -3.16. The van der Waals surface area contributed by atoms with Gasteiger partial charge in [0.15, 0.2) is 10.8 Å². The van der Waals surface area contributed by atoms with Gasteiger partial charge in [-0.2, -0.15) is 0 Å². The lowest BCUT2D eigenvalue weighted by Crippen LogP contribution is -2.31. The number of benzene rings is 2. The average molecular weight is 446 g/mol. The van der Waals surface area contributed by atoms with Gasteiger partial charge in [0.25, 0.3) is 5.91 Å².